The van der Waals surface area contributed by atoms with E-state index in [0.717, 1.165) is 13.0 Å². The molecule has 0 aromatic heterocycles. The first-order valence-electron chi connectivity index (χ1n) is 4.39. The summed E-state index contributed by atoms with van der Waals surface area (Å²) in [7, 11) is 0. The average molecular weight is 188 g/mol. The van der Waals surface area contributed by atoms with Crippen LogP contribution in [0.4, 0.5) is 0 Å². The summed E-state index contributed by atoms with van der Waals surface area (Å²) >= 11 is 0. The van der Waals surface area contributed by atoms with Crippen LogP contribution in [0.2, 0.25) is 0 Å². The summed E-state index contributed by atoms with van der Waals surface area (Å²) in [4.78, 5) is 0. The van der Waals surface area contributed by atoms with E-state index in [1.54, 1.807) is 0 Å². The molecule has 0 heterocycles. The Bertz CT molecular complexity index is 113. The molecule has 1 N–H and O–H groups in total. The molecule has 13 heavy (non-hydrogen) atoms. The van der Waals surface area contributed by atoms with Gasteiger partial charge in [0.25, 0.3) is 0 Å². The van der Waals surface area contributed by atoms with Gasteiger partial charge in [0, 0.05) is 6.42 Å². The van der Waals surface area contributed by atoms with Crippen LogP contribution in [0.25, 0.3) is 0 Å². The van der Waals surface area contributed by atoms with Gasteiger partial charge in [0.1, 0.15) is 0 Å². The Kier molecular flexibility index (Phi) is 15.2. The van der Waals surface area contributed by atoms with Crippen LogP contribution in [-0.2, 0) is 9.47 Å². The van der Waals surface area contributed by atoms with E-state index in [4.69, 9.17) is 5.11 Å². The second-order valence-corrected chi connectivity index (χ2v) is 2.17. The Morgan fingerprint density at radius 1 is 1.31 bits per heavy atom. The largest absolute Gasteiger partial charge is 0.502 e. The summed E-state index contributed by atoms with van der Waals surface area (Å²) < 4.78 is 9.20. The third-order valence-corrected chi connectivity index (χ3v) is 1.07. The molecule has 0 aromatic rings. The Morgan fingerprint density at radius 3 is 2.15 bits per heavy atom. The number of aliphatic hydroxyl groups is 1. The zero-order valence-electron chi connectivity index (χ0n) is 8.53. The predicted molar refractivity (Wildman–Crippen MR) is 54.0 cm³/mol. The van der Waals surface area contributed by atoms with Gasteiger partial charge in [-0.15, -0.1) is 0 Å². The maximum absolute atomic E-state index is 8.76. The van der Waals surface area contributed by atoms with Crippen LogP contribution >= 0.6 is 0 Å². The van der Waals surface area contributed by atoms with E-state index in [-0.39, 0.29) is 0 Å². The highest BCUT2D eigenvalue weighted by molar-refractivity contribution is 4.50. The molecule has 0 bridgehead atoms. The van der Waals surface area contributed by atoms with Crippen molar-refractivity contribution in [2.24, 2.45) is 0 Å². The summed E-state index contributed by atoms with van der Waals surface area (Å²) in [5.41, 5.74) is 0. The minimum atomic E-state index is -0.655. The first-order chi connectivity index (χ1) is 6.22. The van der Waals surface area contributed by atoms with Gasteiger partial charge in [-0.3, -0.25) is 0 Å². The van der Waals surface area contributed by atoms with Crippen LogP contribution in [0.5, 0.6) is 0 Å². The first kappa shape index (κ1) is 14.6. The summed E-state index contributed by atoms with van der Waals surface area (Å²) in [6, 6.07) is 0. The van der Waals surface area contributed by atoms with Crippen LogP contribution in [0, 0.1) is 0 Å². The minimum absolute atomic E-state index is 0.655. The molecule has 0 aromatic carbocycles. The SMILES string of the molecule is C=COC(O)CCC.C=COCC. The molecular formula is C10H20O3. The zero-order chi connectivity index (χ0) is 10.5. The third kappa shape index (κ3) is 18.2. The topological polar surface area (TPSA) is 38.7 Å². The lowest BCUT2D eigenvalue weighted by molar-refractivity contribution is -0.0558. The van der Waals surface area contributed by atoms with Crippen molar-refractivity contribution in [1.29, 1.82) is 0 Å². The van der Waals surface area contributed by atoms with E-state index >= 15 is 0 Å². The van der Waals surface area contributed by atoms with E-state index in [1.807, 2.05) is 13.8 Å². The molecule has 0 saturated carbocycles. The van der Waals surface area contributed by atoms with Gasteiger partial charge in [-0.05, 0) is 6.92 Å². The Morgan fingerprint density at radius 2 is 1.92 bits per heavy atom. The fourth-order valence-corrected chi connectivity index (χ4v) is 0.544. The lowest BCUT2D eigenvalue weighted by atomic mass is 10.3. The second kappa shape index (κ2) is 13.6. The van der Waals surface area contributed by atoms with Crippen LogP contribution in [0.3, 0.4) is 0 Å². The molecule has 3 heteroatoms. The highest BCUT2D eigenvalue weighted by Gasteiger charge is 1.96. The predicted octanol–water partition coefficient (Wildman–Crippen LogP) is 2.43. The normalized spacial score (nSPS) is 10.4. The van der Waals surface area contributed by atoms with E-state index in [9.17, 15) is 0 Å². The van der Waals surface area contributed by atoms with Gasteiger partial charge in [-0.1, -0.05) is 26.5 Å². The quantitative estimate of drug-likeness (QED) is 0.514. The molecule has 1 unspecified atom stereocenters. The van der Waals surface area contributed by atoms with Crippen molar-refractivity contribution in [1.82, 2.24) is 0 Å². The van der Waals surface area contributed by atoms with Gasteiger partial charge in [0.2, 0.25) is 0 Å². The van der Waals surface area contributed by atoms with E-state index < -0.39 is 6.29 Å². The average Bonchev–Trinajstić information content (AvgIpc) is 2.08. The molecule has 0 radical (unpaired) electrons. The summed E-state index contributed by atoms with van der Waals surface area (Å²) in [5, 5.41) is 8.76. The Labute approximate surface area is 80.7 Å². The smallest absolute Gasteiger partial charge is 0.196 e. The van der Waals surface area contributed by atoms with Crippen molar-refractivity contribution < 1.29 is 14.6 Å². The fraction of sp³-hybridized carbons (Fsp3) is 0.600. The van der Waals surface area contributed by atoms with Crippen molar-refractivity contribution in [2.45, 2.75) is 33.0 Å². The summed E-state index contributed by atoms with van der Waals surface area (Å²) in [6.45, 7) is 11.3. The number of ether oxygens (including phenoxy) is 2. The van der Waals surface area contributed by atoms with Crippen LogP contribution in [0.15, 0.2) is 25.7 Å². The molecule has 0 aliphatic carbocycles. The van der Waals surface area contributed by atoms with E-state index in [1.165, 1.54) is 12.5 Å². The molecule has 0 amide bonds. The molecule has 0 saturated heterocycles. The van der Waals surface area contributed by atoms with Crippen LogP contribution < -0.4 is 0 Å². The Hall–Kier alpha value is -0.960. The molecule has 78 valence electrons. The van der Waals surface area contributed by atoms with Crippen molar-refractivity contribution >= 4 is 0 Å². The van der Waals surface area contributed by atoms with Crippen molar-refractivity contribution in [3.8, 4) is 0 Å². The zero-order valence-corrected chi connectivity index (χ0v) is 8.53. The molecule has 3 nitrogen and oxygen atoms in total. The van der Waals surface area contributed by atoms with Gasteiger partial charge < -0.3 is 14.6 Å². The number of aliphatic hydroxyl groups excluding tert-OH is 1. The van der Waals surface area contributed by atoms with Gasteiger partial charge in [-0.25, -0.2) is 0 Å². The second-order valence-electron chi connectivity index (χ2n) is 2.17. The van der Waals surface area contributed by atoms with Crippen LogP contribution in [0.1, 0.15) is 26.7 Å². The molecule has 0 aliphatic heterocycles. The van der Waals surface area contributed by atoms with Gasteiger partial charge >= 0.3 is 0 Å². The molecule has 0 spiro atoms. The van der Waals surface area contributed by atoms with Gasteiger partial charge in [0.05, 0.1) is 19.1 Å². The lowest BCUT2D eigenvalue weighted by Crippen LogP contribution is -2.06. The molecular weight excluding hydrogens is 168 g/mol. The summed E-state index contributed by atoms with van der Waals surface area (Å²) in [6.07, 6.45) is 3.62. The maximum atomic E-state index is 8.76. The van der Waals surface area contributed by atoms with E-state index in [0.29, 0.717) is 6.42 Å². The van der Waals surface area contributed by atoms with E-state index in [2.05, 4.69) is 22.6 Å². The van der Waals surface area contributed by atoms with Crippen molar-refractivity contribution in [3.05, 3.63) is 25.7 Å². The van der Waals surface area contributed by atoms with Crippen LogP contribution in [-0.4, -0.2) is 18.0 Å². The minimum Gasteiger partial charge on any atom is -0.502 e. The lowest BCUT2D eigenvalue weighted by Gasteiger charge is -2.06. The number of hydrogen-bond acceptors (Lipinski definition) is 3. The standard InChI is InChI=1S/C6H12O2.C4H8O/c1-3-5-6(7)8-4-2;1-3-5-4-2/h4,6-7H,2-3,5H2,1H3;3H,1,4H2,2H3. The third-order valence-electron chi connectivity index (χ3n) is 1.07. The number of hydrogen-bond donors (Lipinski definition) is 1. The van der Waals surface area contributed by atoms with Crippen molar-refractivity contribution in [2.75, 3.05) is 6.61 Å². The molecule has 0 fully saturated rings. The van der Waals surface area contributed by atoms with Crippen molar-refractivity contribution in [3.63, 3.8) is 0 Å². The molecule has 1 atom stereocenters. The first-order valence-corrected chi connectivity index (χ1v) is 4.39. The summed E-state index contributed by atoms with van der Waals surface area (Å²) in [5.74, 6) is 0. The Balaban J connectivity index is 0. The molecule has 0 rings (SSSR count). The highest BCUT2D eigenvalue weighted by atomic mass is 16.6. The molecule has 0 aliphatic rings. The maximum Gasteiger partial charge on any atom is 0.196 e. The number of rotatable bonds is 6. The van der Waals surface area contributed by atoms with Gasteiger partial charge in [-0.2, -0.15) is 0 Å². The van der Waals surface area contributed by atoms with Gasteiger partial charge in [0.15, 0.2) is 6.29 Å². The fourth-order valence-electron chi connectivity index (χ4n) is 0.544. The monoisotopic (exact) mass is 188 g/mol. The highest BCUT2D eigenvalue weighted by Crippen LogP contribution is 1.96.